The Morgan fingerprint density at radius 1 is 1.16 bits per heavy atom. The van der Waals surface area contributed by atoms with E-state index in [0.717, 1.165) is 29.7 Å². The summed E-state index contributed by atoms with van der Waals surface area (Å²) >= 11 is 0. The third-order valence-electron chi connectivity index (χ3n) is 5.94. The summed E-state index contributed by atoms with van der Waals surface area (Å²) in [5, 5.41) is 0.180. The number of anilines is 1. The molecule has 0 saturated carbocycles. The van der Waals surface area contributed by atoms with Gasteiger partial charge in [0.25, 0.3) is 11.5 Å². The van der Waals surface area contributed by atoms with Gasteiger partial charge in [-0.2, -0.15) is 0 Å². The SMILES string of the molecule is Cc1ccc2c(c1)CCCN2C(=O)c1cc(C(C)C)nc2c1c(=O)[nH]c(=O)n2CC(C)C. The summed E-state index contributed by atoms with van der Waals surface area (Å²) in [4.78, 5) is 48.2. The molecule has 168 valence electrons. The van der Waals surface area contributed by atoms with Crippen LogP contribution in [0.2, 0.25) is 0 Å². The Bertz CT molecular complexity index is 1320. The fraction of sp³-hybridized carbons (Fsp3) is 0.440. The quantitative estimate of drug-likeness (QED) is 0.677. The number of rotatable bonds is 4. The summed E-state index contributed by atoms with van der Waals surface area (Å²) in [6, 6.07) is 7.82. The van der Waals surface area contributed by atoms with Crippen molar-refractivity contribution in [2.24, 2.45) is 5.92 Å². The minimum Gasteiger partial charge on any atom is -0.308 e. The topological polar surface area (TPSA) is 88.1 Å². The fourth-order valence-corrected chi connectivity index (χ4v) is 4.37. The number of carbonyl (C=O) groups is 1. The first-order chi connectivity index (χ1) is 15.2. The molecule has 0 aliphatic carbocycles. The van der Waals surface area contributed by atoms with E-state index in [2.05, 4.69) is 16.0 Å². The monoisotopic (exact) mass is 434 g/mol. The molecule has 1 aliphatic heterocycles. The number of aryl methyl sites for hydroxylation is 2. The number of nitrogens with one attached hydrogen (secondary N) is 1. The molecule has 7 heteroatoms. The largest absolute Gasteiger partial charge is 0.330 e. The molecule has 4 rings (SSSR count). The molecule has 3 aromatic rings. The lowest BCUT2D eigenvalue weighted by atomic mass is 9.98. The molecule has 1 N–H and O–H groups in total. The maximum atomic E-state index is 13.9. The van der Waals surface area contributed by atoms with E-state index in [-0.39, 0.29) is 28.8 Å². The van der Waals surface area contributed by atoms with E-state index in [9.17, 15) is 14.4 Å². The van der Waals surface area contributed by atoms with Gasteiger partial charge in [-0.25, -0.2) is 9.78 Å². The smallest absolute Gasteiger partial charge is 0.308 e. The van der Waals surface area contributed by atoms with Crippen LogP contribution in [0.3, 0.4) is 0 Å². The molecule has 1 aliphatic rings. The van der Waals surface area contributed by atoms with Crippen LogP contribution in [0.15, 0.2) is 33.9 Å². The number of hydrogen-bond donors (Lipinski definition) is 1. The zero-order valence-electron chi connectivity index (χ0n) is 19.4. The number of aromatic nitrogens is 3. The second-order valence-corrected chi connectivity index (χ2v) is 9.40. The number of fused-ring (bicyclic) bond motifs is 2. The maximum Gasteiger partial charge on any atom is 0.330 e. The van der Waals surface area contributed by atoms with Crippen LogP contribution < -0.4 is 16.1 Å². The summed E-state index contributed by atoms with van der Waals surface area (Å²) in [5.74, 6) is -0.0313. The van der Waals surface area contributed by atoms with Crippen molar-refractivity contribution in [3.05, 3.63) is 67.5 Å². The minimum atomic E-state index is -0.572. The van der Waals surface area contributed by atoms with Gasteiger partial charge in [0, 0.05) is 24.5 Å². The average Bonchev–Trinajstić information content (AvgIpc) is 2.74. The molecule has 0 radical (unpaired) electrons. The molecule has 0 fully saturated rings. The molecule has 1 aromatic carbocycles. The van der Waals surface area contributed by atoms with Crippen molar-refractivity contribution in [1.29, 1.82) is 0 Å². The van der Waals surface area contributed by atoms with E-state index in [4.69, 9.17) is 0 Å². The molecular formula is C25H30N4O3. The van der Waals surface area contributed by atoms with Gasteiger partial charge in [-0.15, -0.1) is 0 Å². The zero-order valence-corrected chi connectivity index (χ0v) is 19.4. The lowest BCUT2D eigenvalue weighted by molar-refractivity contribution is 0.0986. The number of H-pyrrole nitrogens is 1. The molecule has 3 heterocycles. The van der Waals surface area contributed by atoms with Crippen molar-refractivity contribution in [3.8, 4) is 0 Å². The Morgan fingerprint density at radius 3 is 2.59 bits per heavy atom. The van der Waals surface area contributed by atoms with Crippen LogP contribution in [0.1, 0.15) is 67.2 Å². The van der Waals surface area contributed by atoms with E-state index < -0.39 is 11.2 Å². The number of benzene rings is 1. The second-order valence-electron chi connectivity index (χ2n) is 9.40. The molecule has 0 unspecified atom stereocenters. The first-order valence-electron chi connectivity index (χ1n) is 11.3. The van der Waals surface area contributed by atoms with Crippen molar-refractivity contribution in [1.82, 2.24) is 14.5 Å². The van der Waals surface area contributed by atoms with Gasteiger partial charge in [0.05, 0.1) is 10.9 Å². The molecule has 0 atom stereocenters. The number of pyridine rings is 1. The van der Waals surface area contributed by atoms with Crippen molar-refractivity contribution in [2.75, 3.05) is 11.4 Å². The summed E-state index contributed by atoms with van der Waals surface area (Å²) in [7, 11) is 0. The molecule has 1 amide bonds. The van der Waals surface area contributed by atoms with Gasteiger partial charge in [-0.1, -0.05) is 45.4 Å². The van der Waals surface area contributed by atoms with Gasteiger partial charge in [-0.3, -0.25) is 19.1 Å². The predicted molar refractivity (Wildman–Crippen MR) is 127 cm³/mol. The summed E-state index contributed by atoms with van der Waals surface area (Å²) in [6.07, 6.45) is 1.78. The van der Waals surface area contributed by atoms with E-state index in [1.54, 1.807) is 11.0 Å². The van der Waals surface area contributed by atoms with E-state index >= 15 is 0 Å². The maximum absolute atomic E-state index is 13.9. The van der Waals surface area contributed by atoms with Gasteiger partial charge >= 0.3 is 5.69 Å². The number of aromatic amines is 1. The lowest BCUT2D eigenvalue weighted by Gasteiger charge is -2.30. The van der Waals surface area contributed by atoms with Crippen molar-refractivity contribution in [3.63, 3.8) is 0 Å². The minimum absolute atomic E-state index is 0.0316. The Morgan fingerprint density at radius 2 is 1.91 bits per heavy atom. The van der Waals surface area contributed by atoms with Crippen LogP contribution in [0, 0.1) is 12.8 Å². The van der Waals surface area contributed by atoms with Gasteiger partial charge in [-0.05, 0) is 49.3 Å². The summed E-state index contributed by atoms with van der Waals surface area (Å²) in [6.45, 7) is 11.0. The average molecular weight is 435 g/mol. The highest BCUT2D eigenvalue weighted by atomic mass is 16.2. The Balaban J connectivity index is 1.98. The van der Waals surface area contributed by atoms with E-state index in [0.29, 0.717) is 24.3 Å². The van der Waals surface area contributed by atoms with Crippen molar-refractivity contribution in [2.45, 2.75) is 59.9 Å². The Labute approximate surface area is 187 Å². The highest BCUT2D eigenvalue weighted by Gasteiger charge is 2.28. The molecule has 7 nitrogen and oxygen atoms in total. The predicted octanol–water partition coefficient (Wildman–Crippen LogP) is 3.77. The third-order valence-corrected chi connectivity index (χ3v) is 5.94. The first kappa shape index (κ1) is 22.0. The van der Waals surface area contributed by atoms with Gasteiger partial charge in [0.2, 0.25) is 0 Å². The fourth-order valence-electron chi connectivity index (χ4n) is 4.37. The second kappa shape index (κ2) is 8.37. The number of carbonyl (C=O) groups excluding carboxylic acids is 1. The number of amides is 1. The third kappa shape index (κ3) is 3.87. The van der Waals surface area contributed by atoms with Crippen LogP contribution in [0.25, 0.3) is 11.0 Å². The summed E-state index contributed by atoms with van der Waals surface area (Å²) in [5.41, 5.74) is 3.37. The number of hydrogen-bond acceptors (Lipinski definition) is 4. The van der Waals surface area contributed by atoms with E-state index in [1.165, 1.54) is 4.57 Å². The first-order valence-corrected chi connectivity index (χ1v) is 11.3. The van der Waals surface area contributed by atoms with Gasteiger partial charge in [0.1, 0.15) is 0 Å². The van der Waals surface area contributed by atoms with Crippen LogP contribution in [-0.4, -0.2) is 27.0 Å². The normalized spacial score (nSPS) is 13.8. The van der Waals surface area contributed by atoms with E-state index in [1.807, 2.05) is 46.8 Å². The van der Waals surface area contributed by atoms with Crippen LogP contribution in [0.4, 0.5) is 5.69 Å². The molecular weight excluding hydrogens is 404 g/mol. The van der Waals surface area contributed by atoms with Crippen molar-refractivity contribution >= 4 is 22.6 Å². The molecule has 0 saturated heterocycles. The van der Waals surface area contributed by atoms with Gasteiger partial charge < -0.3 is 4.90 Å². The van der Waals surface area contributed by atoms with Crippen LogP contribution in [-0.2, 0) is 13.0 Å². The molecule has 32 heavy (non-hydrogen) atoms. The van der Waals surface area contributed by atoms with Crippen LogP contribution >= 0.6 is 0 Å². The van der Waals surface area contributed by atoms with Gasteiger partial charge in [0.15, 0.2) is 5.65 Å². The summed E-state index contributed by atoms with van der Waals surface area (Å²) < 4.78 is 1.48. The lowest BCUT2D eigenvalue weighted by Crippen LogP contribution is -2.38. The Hall–Kier alpha value is -3.22. The van der Waals surface area contributed by atoms with Crippen LogP contribution in [0.5, 0.6) is 0 Å². The molecule has 2 aromatic heterocycles. The number of nitrogens with zero attached hydrogens (tertiary/aromatic N) is 3. The highest BCUT2D eigenvalue weighted by molar-refractivity contribution is 6.13. The molecule has 0 spiro atoms. The van der Waals surface area contributed by atoms with Crippen molar-refractivity contribution < 1.29 is 4.79 Å². The standard InChI is InChI=1S/C25H30N4O3/c1-14(2)13-29-22-21(23(30)27-25(29)32)18(12-19(26-22)15(3)4)24(31)28-10-6-7-17-11-16(5)8-9-20(17)28/h8-9,11-12,14-15H,6-7,10,13H2,1-5H3,(H,27,30,32). The zero-order chi connectivity index (χ0) is 23.2. The highest BCUT2D eigenvalue weighted by Crippen LogP contribution is 2.31. The molecule has 0 bridgehead atoms. The Kier molecular flexibility index (Phi) is 5.75.